The van der Waals surface area contributed by atoms with Gasteiger partial charge in [-0.1, -0.05) is 41.6 Å². The van der Waals surface area contributed by atoms with Crippen molar-refractivity contribution in [2.75, 3.05) is 0 Å². The van der Waals surface area contributed by atoms with E-state index < -0.39 is 6.10 Å². The van der Waals surface area contributed by atoms with Crippen LogP contribution in [0.2, 0.25) is 5.02 Å². The molecule has 1 aliphatic rings. The van der Waals surface area contributed by atoms with Gasteiger partial charge in [0.1, 0.15) is 0 Å². The van der Waals surface area contributed by atoms with Crippen molar-refractivity contribution in [1.29, 1.82) is 0 Å². The molecule has 0 aromatic heterocycles. The number of benzene rings is 2. The van der Waals surface area contributed by atoms with Gasteiger partial charge in [-0.2, -0.15) is 0 Å². The Morgan fingerprint density at radius 1 is 1.10 bits per heavy atom. The van der Waals surface area contributed by atoms with Crippen molar-refractivity contribution in [3.05, 3.63) is 59.1 Å². The Balaban J connectivity index is 1.83. The monoisotopic (exact) mass is 319 g/mol. The summed E-state index contributed by atoms with van der Waals surface area (Å²) in [5, 5.41) is 11.0. The molecule has 2 nitrogen and oxygen atoms in total. The van der Waals surface area contributed by atoms with E-state index in [2.05, 4.69) is 0 Å². The fourth-order valence-corrected chi connectivity index (χ4v) is 3.51. The summed E-state index contributed by atoms with van der Waals surface area (Å²) in [4.78, 5) is 2.20. The fourth-order valence-electron chi connectivity index (χ4n) is 2.39. The summed E-state index contributed by atoms with van der Waals surface area (Å²) in [6.07, 6.45) is 1.72. The van der Waals surface area contributed by atoms with E-state index in [9.17, 15) is 5.11 Å². The van der Waals surface area contributed by atoms with Crippen molar-refractivity contribution < 1.29 is 5.11 Å². The van der Waals surface area contributed by atoms with E-state index in [1.165, 1.54) is 0 Å². The Bertz CT molecular complexity index is 612. The topological polar surface area (TPSA) is 46.2 Å². The number of aliphatic hydroxyl groups is 1. The lowest BCUT2D eigenvalue weighted by molar-refractivity contribution is 0.121. The van der Waals surface area contributed by atoms with E-state index in [4.69, 9.17) is 17.3 Å². The average Bonchev–Trinajstić information content (AvgIpc) is 3.33. The second-order valence-electron chi connectivity index (χ2n) is 5.45. The number of hydrogen-bond acceptors (Lipinski definition) is 3. The first-order valence-electron chi connectivity index (χ1n) is 7.11. The molecule has 2 aromatic carbocycles. The van der Waals surface area contributed by atoms with Gasteiger partial charge in [0.15, 0.2) is 0 Å². The summed E-state index contributed by atoms with van der Waals surface area (Å²) in [5.41, 5.74) is 7.28. The molecule has 0 spiro atoms. The van der Waals surface area contributed by atoms with Crippen LogP contribution in [0, 0.1) is 5.92 Å². The van der Waals surface area contributed by atoms with Crippen molar-refractivity contribution in [3.63, 3.8) is 0 Å². The molecular formula is C17H18ClNOS. The Morgan fingerprint density at radius 2 is 1.76 bits per heavy atom. The van der Waals surface area contributed by atoms with Gasteiger partial charge in [-0.05, 0) is 54.7 Å². The largest absolute Gasteiger partial charge is 0.391 e. The van der Waals surface area contributed by atoms with Crippen LogP contribution in [0.4, 0.5) is 0 Å². The van der Waals surface area contributed by atoms with Crippen LogP contribution in [0.5, 0.6) is 0 Å². The Hall–Kier alpha value is -1.00. The number of halogens is 1. The van der Waals surface area contributed by atoms with Gasteiger partial charge in [-0.3, -0.25) is 0 Å². The lowest BCUT2D eigenvalue weighted by Crippen LogP contribution is -2.28. The second-order valence-corrected chi connectivity index (χ2v) is 7.00. The van der Waals surface area contributed by atoms with E-state index in [1.807, 2.05) is 48.5 Å². The third-order valence-electron chi connectivity index (χ3n) is 3.79. The van der Waals surface area contributed by atoms with E-state index in [0.717, 1.165) is 33.2 Å². The molecule has 0 heterocycles. The summed E-state index contributed by atoms with van der Waals surface area (Å²) in [5.74, 6) is 0.369. The molecule has 3 N–H and O–H groups in total. The van der Waals surface area contributed by atoms with Crippen LogP contribution < -0.4 is 5.73 Å². The zero-order chi connectivity index (χ0) is 14.8. The molecule has 0 aliphatic heterocycles. The highest BCUT2D eigenvalue weighted by Gasteiger charge is 2.34. The lowest BCUT2D eigenvalue weighted by Gasteiger charge is -2.21. The van der Waals surface area contributed by atoms with Gasteiger partial charge < -0.3 is 10.8 Å². The third-order valence-corrected chi connectivity index (χ3v) is 5.14. The quantitative estimate of drug-likeness (QED) is 0.865. The second kappa shape index (κ2) is 6.41. The van der Waals surface area contributed by atoms with Gasteiger partial charge in [-0.25, -0.2) is 0 Å². The molecule has 2 aromatic rings. The lowest BCUT2D eigenvalue weighted by atomic mass is 9.99. The van der Waals surface area contributed by atoms with E-state index >= 15 is 0 Å². The summed E-state index contributed by atoms with van der Waals surface area (Å²) in [7, 11) is 0. The third kappa shape index (κ3) is 3.61. The van der Waals surface area contributed by atoms with Crippen LogP contribution in [0.1, 0.15) is 24.4 Å². The van der Waals surface area contributed by atoms with Crippen LogP contribution in [-0.2, 0) is 0 Å². The zero-order valence-corrected chi connectivity index (χ0v) is 13.1. The van der Waals surface area contributed by atoms with Gasteiger partial charge in [-0.15, -0.1) is 0 Å². The highest BCUT2D eigenvalue weighted by atomic mass is 35.5. The Labute approximate surface area is 134 Å². The SMILES string of the molecule is N[C@H](c1ccccc1Sc1ccc(Cl)cc1)[C@@H](O)C1CC1. The molecule has 0 amide bonds. The molecule has 21 heavy (non-hydrogen) atoms. The van der Waals surface area contributed by atoms with Gasteiger partial charge >= 0.3 is 0 Å². The molecule has 4 heteroatoms. The van der Waals surface area contributed by atoms with Crippen molar-refractivity contribution in [1.82, 2.24) is 0 Å². The molecule has 0 radical (unpaired) electrons. The molecule has 1 saturated carbocycles. The van der Waals surface area contributed by atoms with Crippen LogP contribution >= 0.6 is 23.4 Å². The predicted molar refractivity (Wildman–Crippen MR) is 87.7 cm³/mol. The molecule has 1 aliphatic carbocycles. The number of aliphatic hydroxyl groups excluding tert-OH is 1. The van der Waals surface area contributed by atoms with Gasteiger partial charge in [0.25, 0.3) is 0 Å². The van der Waals surface area contributed by atoms with E-state index in [1.54, 1.807) is 11.8 Å². The van der Waals surface area contributed by atoms with Gasteiger partial charge in [0.2, 0.25) is 0 Å². The summed E-state index contributed by atoms with van der Waals surface area (Å²) in [6.45, 7) is 0. The highest BCUT2D eigenvalue weighted by Crippen LogP contribution is 2.40. The van der Waals surface area contributed by atoms with Crippen molar-refractivity contribution >= 4 is 23.4 Å². The molecule has 0 unspecified atom stereocenters. The Kier molecular flexibility index (Phi) is 4.55. The maximum Gasteiger partial charge on any atom is 0.0761 e. The first-order chi connectivity index (χ1) is 10.1. The maximum atomic E-state index is 10.3. The van der Waals surface area contributed by atoms with Crippen molar-refractivity contribution in [2.24, 2.45) is 11.7 Å². The molecular weight excluding hydrogens is 302 g/mol. The Morgan fingerprint density at radius 3 is 2.43 bits per heavy atom. The average molecular weight is 320 g/mol. The predicted octanol–water partition coefficient (Wildman–Crippen LogP) is 4.26. The van der Waals surface area contributed by atoms with E-state index in [0.29, 0.717) is 5.92 Å². The highest BCUT2D eigenvalue weighted by molar-refractivity contribution is 7.99. The molecule has 110 valence electrons. The van der Waals surface area contributed by atoms with Crippen LogP contribution in [-0.4, -0.2) is 11.2 Å². The summed E-state index contributed by atoms with van der Waals surface area (Å²) < 4.78 is 0. The first-order valence-corrected chi connectivity index (χ1v) is 8.30. The molecule has 3 rings (SSSR count). The molecule has 1 fully saturated rings. The number of rotatable bonds is 5. The van der Waals surface area contributed by atoms with Crippen molar-refractivity contribution in [3.8, 4) is 0 Å². The number of nitrogens with two attached hydrogens (primary N) is 1. The molecule has 0 bridgehead atoms. The molecule has 2 atom stereocenters. The first kappa shape index (κ1) is 14.9. The summed E-state index contributed by atoms with van der Waals surface area (Å²) in [6, 6.07) is 15.4. The minimum absolute atomic E-state index is 0.325. The normalized spacial score (nSPS) is 17.5. The van der Waals surface area contributed by atoms with Crippen LogP contribution in [0.25, 0.3) is 0 Å². The maximum absolute atomic E-state index is 10.3. The minimum Gasteiger partial charge on any atom is -0.391 e. The number of hydrogen-bond donors (Lipinski definition) is 2. The van der Waals surface area contributed by atoms with E-state index in [-0.39, 0.29) is 6.04 Å². The fraction of sp³-hybridized carbons (Fsp3) is 0.294. The molecule has 0 saturated heterocycles. The zero-order valence-electron chi connectivity index (χ0n) is 11.6. The minimum atomic E-state index is -0.447. The summed E-state index contributed by atoms with van der Waals surface area (Å²) >= 11 is 7.57. The van der Waals surface area contributed by atoms with Crippen LogP contribution in [0.3, 0.4) is 0 Å². The van der Waals surface area contributed by atoms with Gasteiger partial charge in [0.05, 0.1) is 12.1 Å². The standard InChI is InChI=1S/C17H18ClNOS/c18-12-7-9-13(10-8-12)21-15-4-2-1-3-14(15)16(19)17(20)11-5-6-11/h1-4,7-11,16-17,20H,5-6,19H2/t16-,17+/m1/s1. The van der Waals surface area contributed by atoms with Crippen LogP contribution in [0.15, 0.2) is 58.3 Å². The van der Waals surface area contributed by atoms with Gasteiger partial charge in [0, 0.05) is 14.8 Å². The smallest absolute Gasteiger partial charge is 0.0761 e. The van der Waals surface area contributed by atoms with Crippen molar-refractivity contribution in [2.45, 2.75) is 34.8 Å².